The average Bonchev–Trinajstić information content (AvgIpc) is 2.85. The molecule has 0 aromatic carbocycles. The van der Waals surface area contributed by atoms with Gasteiger partial charge in [0.05, 0.1) is 6.61 Å². The van der Waals surface area contributed by atoms with Crippen LogP contribution in [0.3, 0.4) is 0 Å². The zero-order chi connectivity index (χ0) is 14.9. The third kappa shape index (κ3) is 5.83. The van der Waals surface area contributed by atoms with Crippen LogP contribution in [0.15, 0.2) is 4.99 Å². The molecule has 2 aliphatic rings. The Morgan fingerprint density at radius 3 is 2.67 bits per heavy atom. The van der Waals surface area contributed by atoms with Crippen LogP contribution in [0, 0.1) is 5.92 Å². The van der Waals surface area contributed by atoms with Crippen molar-refractivity contribution in [1.29, 1.82) is 0 Å². The van der Waals surface area contributed by atoms with Gasteiger partial charge in [-0.25, -0.2) is 0 Å². The third-order valence-corrected chi connectivity index (χ3v) is 4.54. The maximum absolute atomic E-state index is 5.45. The van der Waals surface area contributed by atoms with Crippen molar-refractivity contribution in [2.75, 3.05) is 60.0 Å². The topological polar surface area (TPSA) is 40.1 Å². The Morgan fingerprint density at radius 1 is 1.29 bits per heavy atom. The summed E-state index contributed by atoms with van der Waals surface area (Å²) in [5.41, 5.74) is 0. The molecule has 0 aliphatic carbocycles. The van der Waals surface area contributed by atoms with Crippen molar-refractivity contribution in [2.45, 2.75) is 32.1 Å². The van der Waals surface area contributed by atoms with E-state index >= 15 is 0 Å². The highest BCUT2D eigenvalue weighted by Gasteiger charge is 2.19. The fraction of sp³-hybridized carbons (Fsp3) is 0.938. The summed E-state index contributed by atoms with van der Waals surface area (Å²) in [6.45, 7) is 7.47. The molecule has 21 heavy (non-hydrogen) atoms. The van der Waals surface area contributed by atoms with E-state index in [-0.39, 0.29) is 0 Å². The lowest BCUT2D eigenvalue weighted by Crippen LogP contribution is -2.44. The molecule has 0 amide bonds. The van der Waals surface area contributed by atoms with E-state index in [0.29, 0.717) is 5.92 Å². The summed E-state index contributed by atoms with van der Waals surface area (Å²) in [6, 6.07) is 0. The second-order valence-electron chi connectivity index (χ2n) is 6.34. The van der Waals surface area contributed by atoms with Crippen LogP contribution in [0.25, 0.3) is 0 Å². The van der Waals surface area contributed by atoms with E-state index in [2.05, 4.69) is 27.2 Å². The molecule has 2 rings (SSSR count). The van der Waals surface area contributed by atoms with Crippen molar-refractivity contribution in [1.82, 2.24) is 15.1 Å². The Labute approximate surface area is 129 Å². The second kappa shape index (κ2) is 9.26. The summed E-state index contributed by atoms with van der Waals surface area (Å²) in [6.07, 6.45) is 6.69. The Morgan fingerprint density at radius 2 is 2.05 bits per heavy atom. The summed E-state index contributed by atoms with van der Waals surface area (Å²) in [5, 5.41) is 3.50. The van der Waals surface area contributed by atoms with Crippen LogP contribution in [-0.2, 0) is 4.74 Å². The minimum atomic E-state index is 0.652. The van der Waals surface area contributed by atoms with Crippen LogP contribution in [0.5, 0.6) is 0 Å². The Kier molecular flexibility index (Phi) is 7.30. The highest BCUT2D eigenvalue weighted by Crippen LogP contribution is 2.13. The summed E-state index contributed by atoms with van der Waals surface area (Å²) in [5.74, 6) is 1.66. The fourth-order valence-electron chi connectivity index (χ4n) is 3.27. The number of ether oxygens (including phenoxy) is 1. The van der Waals surface area contributed by atoms with E-state index in [1.165, 1.54) is 45.2 Å². The van der Waals surface area contributed by atoms with Crippen molar-refractivity contribution >= 4 is 5.96 Å². The molecule has 0 spiro atoms. The first kappa shape index (κ1) is 16.6. The van der Waals surface area contributed by atoms with Crippen LogP contribution in [0.2, 0.25) is 0 Å². The predicted octanol–water partition coefficient (Wildman–Crippen LogP) is 1.41. The first-order valence-corrected chi connectivity index (χ1v) is 8.51. The van der Waals surface area contributed by atoms with Crippen LogP contribution >= 0.6 is 0 Å². The maximum Gasteiger partial charge on any atom is 0.193 e. The molecule has 5 heteroatoms. The standard InChI is InChI=1S/C16H32N4O/c1-17-16(19(2)13-15-7-12-21-14-15)18-8-11-20-9-5-3-4-6-10-20/h15H,3-14H2,1-2H3,(H,17,18). The van der Waals surface area contributed by atoms with Crippen molar-refractivity contribution in [3.05, 3.63) is 0 Å². The quantitative estimate of drug-likeness (QED) is 0.615. The van der Waals surface area contributed by atoms with Crippen molar-refractivity contribution in [2.24, 2.45) is 10.9 Å². The Bertz CT molecular complexity index is 307. The monoisotopic (exact) mass is 296 g/mol. The fourth-order valence-corrected chi connectivity index (χ4v) is 3.27. The molecular formula is C16H32N4O. The maximum atomic E-state index is 5.45. The van der Waals surface area contributed by atoms with E-state index in [1.807, 2.05) is 7.05 Å². The predicted molar refractivity (Wildman–Crippen MR) is 87.8 cm³/mol. The van der Waals surface area contributed by atoms with Gasteiger partial charge < -0.3 is 19.9 Å². The smallest absolute Gasteiger partial charge is 0.193 e. The molecule has 0 saturated carbocycles. The SMILES string of the molecule is CN=C(NCCN1CCCCCC1)N(C)CC1CCOC1. The molecule has 5 nitrogen and oxygen atoms in total. The molecule has 122 valence electrons. The number of rotatable bonds is 5. The molecule has 0 bridgehead atoms. The van der Waals surface area contributed by atoms with Gasteiger partial charge in [0.15, 0.2) is 5.96 Å². The molecule has 0 aromatic heterocycles. The normalized spacial score (nSPS) is 24.9. The zero-order valence-electron chi connectivity index (χ0n) is 13.8. The van der Waals surface area contributed by atoms with Gasteiger partial charge in [-0.2, -0.15) is 0 Å². The molecule has 0 radical (unpaired) electrons. The van der Waals surface area contributed by atoms with E-state index < -0.39 is 0 Å². The van der Waals surface area contributed by atoms with Gasteiger partial charge >= 0.3 is 0 Å². The molecule has 2 fully saturated rings. The van der Waals surface area contributed by atoms with Gasteiger partial charge in [0.2, 0.25) is 0 Å². The van der Waals surface area contributed by atoms with Gasteiger partial charge in [0, 0.05) is 46.3 Å². The summed E-state index contributed by atoms with van der Waals surface area (Å²) in [4.78, 5) is 9.22. The van der Waals surface area contributed by atoms with Crippen LogP contribution < -0.4 is 5.32 Å². The number of hydrogen-bond acceptors (Lipinski definition) is 3. The average molecular weight is 296 g/mol. The Hall–Kier alpha value is -0.810. The van der Waals surface area contributed by atoms with Gasteiger partial charge in [-0.3, -0.25) is 4.99 Å². The lowest BCUT2D eigenvalue weighted by Gasteiger charge is -2.26. The number of aliphatic imine (C=N–C) groups is 1. The molecular weight excluding hydrogens is 264 g/mol. The number of guanidine groups is 1. The summed E-state index contributed by atoms with van der Waals surface area (Å²) in [7, 11) is 4.00. The molecule has 1 N–H and O–H groups in total. The lowest BCUT2D eigenvalue weighted by atomic mass is 10.1. The highest BCUT2D eigenvalue weighted by atomic mass is 16.5. The van der Waals surface area contributed by atoms with Crippen molar-refractivity contribution in [3.63, 3.8) is 0 Å². The van der Waals surface area contributed by atoms with E-state index in [1.54, 1.807) is 0 Å². The molecule has 2 heterocycles. The van der Waals surface area contributed by atoms with Gasteiger partial charge in [0.25, 0.3) is 0 Å². The molecule has 2 saturated heterocycles. The van der Waals surface area contributed by atoms with Gasteiger partial charge in [0.1, 0.15) is 0 Å². The van der Waals surface area contributed by atoms with Gasteiger partial charge in [-0.1, -0.05) is 12.8 Å². The first-order chi connectivity index (χ1) is 10.3. The highest BCUT2D eigenvalue weighted by molar-refractivity contribution is 5.79. The minimum Gasteiger partial charge on any atom is -0.381 e. The van der Waals surface area contributed by atoms with Crippen LogP contribution in [-0.4, -0.2) is 75.8 Å². The molecule has 1 unspecified atom stereocenters. The van der Waals surface area contributed by atoms with Crippen LogP contribution in [0.4, 0.5) is 0 Å². The minimum absolute atomic E-state index is 0.652. The Balaban J connectivity index is 1.66. The van der Waals surface area contributed by atoms with E-state index in [0.717, 1.165) is 38.8 Å². The number of nitrogens with one attached hydrogen (secondary N) is 1. The zero-order valence-corrected chi connectivity index (χ0v) is 13.8. The summed E-state index contributed by atoms with van der Waals surface area (Å²) >= 11 is 0. The molecule has 2 aliphatic heterocycles. The van der Waals surface area contributed by atoms with E-state index in [4.69, 9.17) is 4.74 Å². The summed E-state index contributed by atoms with van der Waals surface area (Å²) < 4.78 is 5.45. The molecule has 0 aromatic rings. The van der Waals surface area contributed by atoms with Crippen molar-refractivity contribution in [3.8, 4) is 0 Å². The van der Waals surface area contributed by atoms with Gasteiger partial charge in [-0.15, -0.1) is 0 Å². The van der Waals surface area contributed by atoms with Gasteiger partial charge in [-0.05, 0) is 32.4 Å². The number of nitrogens with zero attached hydrogens (tertiary/aromatic N) is 3. The molecule has 1 atom stereocenters. The second-order valence-corrected chi connectivity index (χ2v) is 6.34. The van der Waals surface area contributed by atoms with Crippen LogP contribution in [0.1, 0.15) is 32.1 Å². The largest absolute Gasteiger partial charge is 0.381 e. The third-order valence-electron chi connectivity index (χ3n) is 4.54. The number of likely N-dealkylation sites (tertiary alicyclic amines) is 1. The lowest BCUT2D eigenvalue weighted by molar-refractivity contribution is 0.181. The van der Waals surface area contributed by atoms with Crippen molar-refractivity contribution < 1.29 is 4.74 Å². The van der Waals surface area contributed by atoms with E-state index in [9.17, 15) is 0 Å². The first-order valence-electron chi connectivity index (χ1n) is 8.51. The number of hydrogen-bond donors (Lipinski definition) is 1.